The number of nitrogens with zero attached hydrogens (tertiary/aromatic N) is 1. The fraction of sp³-hybridized carbons (Fsp3) is 0.429. The van der Waals surface area contributed by atoms with E-state index in [-0.39, 0.29) is 0 Å². The minimum atomic E-state index is -0.484. The number of carbonyl (C=O) groups is 1. The summed E-state index contributed by atoms with van der Waals surface area (Å²) in [6, 6.07) is 0. The summed E-state index contributed by atoms with van der Waals surface area (Å²) >= 11 is 0. The van der Waals surface area contributed by atoms with Gasteiger partial charge in [-0.2, -0.15) is 0 Å². The number of amides is 1. The first-order chi connectivity index (χ1) is 5.20. The minimum Gasteiger partial charge on any atom is -0.399 e. The Morgan fingerprint density at radius 3 is 2.64 bits per heavy atom. The van der Waals surface area contributed by atoms with Crippen molar-refractivity contribution in [1.29, 1.82) is 0 Å². The van der Waals surface area contributed by atoms with Gasteiger partial charge in [-0.15, -0.1) is 0 Å². The first kappa shape index (κ1) is 9.68. The quantitative estimate of drug-likeness (QED) is 0.364. The Bertz CT molecular complexity index is 185. The van der Waals surface area contributed by atoms with E-state index in [9.17, 15) is 4.79 Å². The maximum absolute atomic E-state index is 10.3. The van der Waals surface area contributed by atoms with Gasteiger partial charge in [0, 0.05) is 6.08 Å². The molecule has 0 rings (SSSR count). The summed E-state index contributed by atoms with van der Waals surface area (Å²) in [6.45, 7) is 1.91. The molecule has 2 N–H and O–H groups in total. The van der Waals surface area contributed by atoms with Gasteiger partial charge in [-0.3, -0.25) is 4.79 Å². The van der Waals surface area contributed by atoms with Crippen LogP contribution >= 0.6 is 0 Å². The van der Waals surface area contributed by atoms with Gasteiger partial charge in [0.05, 0.1) is 5.71 Å². The molecule has 4 heteroatoms. The highest BCUT2D eigenvalue weighted by atomic mass is 16.6. The molecule has 0 aliphatic heterocycles. The maximum Gasteiger partial charge on any atom is 0.241 e. The molecule has 0 aliphatic carbocycles. The van der Waals surface area contributed by atoms with Gasteiger partial charge in [0.15, 0.2) is 0 Å². The Balaban J connectivity index is 4.08. The lowest BCUT2D eigenvalue weighted by Crippen LogP contribution is -2.06. The van der Waals surface area contributed by atoms with E-state index in [2.05, 4.69) is 9.99 Å². The largest absolute Gasteiger partial charge is 0.399 e. The number of rotatable bonds is 4. The third kappa shape index (κ3) is 5.14. The second-order valence-electron chi connectivity index (χ2n) is 1.85. The van der Waals surface area contributed by atoms with Crippen LogP contribution in [0.5, 0.6) is 0 Å². The lowest BCUT2D eigenvalue weighted by molar-refractivity contribution is -0.113. The molecule has 0 fully saturated rings. The zero-order valence-corrected chi connectivity index (χ0v) is 6.70. The van der Waals surface area contributed by atoms with Gasteiger partial charge < -0.3 is 10.6 Å². The Kier molecular flexibility index (Phi) is 4.81. The SMILES string of the molecule is CCC(C=CC(N)=O)=NOC. The second kappa shape index (κ2) is 5.46. The van der Waals surface area contributed by atoms with Crippen LogP contribution in [0.25, 0.3) is 0 Å². The van der Waals surface area contributed by atoms with Crippen molar-refractivity contribution >= 4 is 11.6 Å². The lowest BCUT2D eigenvalue weighted by atomic mass is 10.3. The van der Waals surface area contributed by atoms with Crippen molar-refractivity contribution in [2.75, 3.05) is 7.11 Å². The van der Waals surface area contributed by atoms with Gasteiger partial charge >= 0.3 is 0 Å². The van der Waals surface area contributed by atoms with Crippen LogP contribution in [0.3, 0.4) is 0 Å². The third-order valence-electron chi connectivity index (χ3n) is 1.01. The fourth-order valence-electron chi connectivity index (χ4n) is 0.508. The first-order valence-electron chi connectivity index (χ1n) is 3.28. The van der Waals surface area contributed by atoms with Crippen molar-refractivity contribution in [2.45, 2.75) is 13.3 Å². The highest BCUT2D eigenvalue weighted by molar-refractivity contribution is 5.99. The van der Waals surface area contributed by atoms with E-state index in [1.165, 1.54) is 19.3 Å². The molecule has 0 saturated heterocycles. The Morgan fingerprint density at radius 1 is 1.64 bits per heavy atom. The van der Waals surface area contributed by atoms with E-state index in [4.69, 9.17) is 5.73 Å². The summed E-state index contributed by atoms with van der Waals surface area (Å²) < 4.78 is 0. The molecule has 0 atom stereocenters. The highest BCUT2D eigenvalue weighted by Gasteiger charge is 1.90. The number of hydrogen-bond acceptors (Lipinski definition) is 3. The van der Waals surface area contributed by atoms with Gasteiger partial charge in [0.1, 0.15) is 7.11 Å². The van der Waals surface area contributed by atoms with E-state index in [0.717, 1.165) is 0 Å². The average Bonchev–Trinajstić information content (AvgIpc) is 1.97. The molecule has 0 aromatic carbocycles. The summed E-state index contributed by atoms with van der Waals surface area (Å²) in [5.41, 5.74) is 5.56. The number of oxime groups is 1. The number of carbonyl (C=O) groups excluding carboxylic acids is 1. The zero-order chi connectivity index (χ0) is 8.69. The highest BCUT2D eigenvalue weighted by Crippen LogP contribution is 1.88. The summed E-state index contributed by atoms with van der Waals surface area (Å²) in [5.74, 6) is -0.484. The molecule has 62 valence electrons. The van der Waals surface area contributed by atoms with Crippen LogP contribution in [-0.2, 0) is 9.63 Å². The molecule has 1 amide bonds. The Hall–Kier alpha value is -1.32. The van der Waals surface area contributed by atoms with Gasteiger partial charge in [0.25, 0.3) is 0 Å². The maximum atomic E-state index is 10.3. The van der Waals surface area contributed by atoms with Crippen LogP contribution < -0.4 is 5.73 Å². The van der Waals surface area contributed by atoms with Crippen LogP contribution in [-0.4, -0.2) is 18.7 Å². The predicted molar refractivity (Wildman–Crippen MR) is 43.1 cm³/mol. The van der Waals surface area contributed by atoms with Crippen molar-refractivity contribution in [3.05, 3.63) is 12.2 Å². The van der Waals surface area contributed by atoms with Gasteiger partial charge in [-0.25, -0.2) is 0 Å². The van der Waals surface area contributed by atoms with E-state index in [0.29, 0.717) is 12.1 Å². The molecule has 0 spiro atoms. The number of allylic oxidation sites excluding steroid dienone is 1. The number of nitrogens with two attached hydrogens (primary N) is 1. The molecular formula is C7H12N2O2. The van der Waals surface area contributed by atoms with E-state index in [1.807, 2.05) is 6.92 Å². The van der Waals surface area contributed by atoms with Gasteiger partial charge in [0.2, 0.25) is 5.91 Å². The molecule has 4 nitrogen and oxygen atoms in total. The smallest absolute Gasteiger partial charge is 0.241 e. The lowest BCUT2D eigenvalue weighted by Gasteiger charge is -1.92. The van der Waals surface area contributed by atoms with Crippen LogP contribution in [0.15, 0.2) is 17.3 Å². The van der Waals surface area contributed by atoms with Crippen LogP contribution in [0.2, 0.25) is 0 Å². The molecule has 0 unspecified atom stereocenters. The molecule has 0 heterocycles. The van der Waals surface area contributed by atoms with Crippen molar-refractivity contribution in [1.82, 2.24) is 0 Å². The Labute approximate surface area is 65.7 Å². The molecule has 11 heavy (non-hydrogen) atoms. The van der Waals surface area contributed by atoms with E-state index in [1.54, 1.807) is 0 Å². The van der Waals surface area contributed by atoms with Crippen LogP contribution in [0, 0.1) is 0 Å². The van der Waals surface area contributed by atoms with E-state index < -0.39 is 5.91 Å². The molecule has 0 aliphatic rings. The first-order valence-corrected chi connectivity index (χ1v) is 3.28. The van der Waals surface area contributed by atoms with Crippen molar-refractivity contribution in [3.8, 4) is 0 Å². The minimum absolute atomic E-state index is 0.484. The molecule has 0 aromatic rings. The molecule has 0 aromatic heterocycles. The van der Waals surface area contributed by atoms with E-state index >= 15 is 0 Å². The van der Waals surface area contributed by atoms with Crippen molar-refractivity contribution < 1.29 is 9.63 Å². The fourth-order valence-corrected chi connectivity index (χ4v) is 0.508. The normalized spacial score (nSPS) is 12.0. The average molecular weight is 156 g/mol. The second-order valence-corrected chi connectivity index (χ2v) is 1.85. The zero-order valence-electron chi connectivity index (χ0n) is 6.70. The monoisotopic (exact) mass is 156 g/mol. The van der Waals surface area contributed by atoms with Crippen LogP contribution in [0.4, 0.5) is 0 Å². The summed E-state index contributed by atoms with van der Waals surface area (Å²) in [4.78, 5) is 14.8. The summed E-state index contributed by atoms with van der Waals surface area (Å²) in [7, 11) is 1.45. The predicted octanol–water partition coefficient (Wildman–Crippen LogP) is 0.440. The molecular weight excluding hydrogens is 144 g/mol. The summed E-state index contributed by atoms with van der Waals surface area (Å²) in [6.07, 6.45) is 3.49. The number of hydrogen-bond donors (Lipinski definition) is 1. The van der Waals surface area contributed by atoms with Gasteiger partial charge in [-0.05, 0) is 12.5 Å². The Morgan fingerprint density at radius 2 is 2.27 bits per heavy atom. The molecule has 0 radical (unpaired) electrons. The van der Waals surface area contributed by atoms with Crippen LogP contribution in [0.1, 0.15) is 13.3 Å². The number of primary amides is 1. The van der Waals surface area contributed by atoms with Gasteiger partial charge in [-0.1, -0.05) is 12.1 Å². The standard InChI is InChI=1S/C7H12N2O2/c1-3-6(9-11-2)4-5-7(8)10/h4-5H,3H2,1-2H3,(H2,8,10). The molecule has 0 bridgehead atoms. The van der Waals surface area contributed by atoms with Crippen molar-refractivity contribution in [2.24, 2.45) is 10.9 Å². The topological polar surface area (TPSA) is 64.7 Å². The van der Waals surface area contributed by atoms with Crippen molar-refractivity contribution in [3.63, 3.8) is 0 Å². The third-order valence-corrected chi connectivity index (χ3v) is 1.01. The molecule has 0 saturated carbocycles. The summed E-state index contributed by atoms with van der Waals surface area (Å²) in [5, 5.41) is 3.64.